The zero-order valence-electron chi connectivity index (χ0n) is 11.8. The summed E-state index contributed by atoms with van der Waals surface area (Å²) in [5.41, 5.74) is 5.28. The van der Waals surface area contributed by atoms with E-state index >= 15 is 0 Å². The summed E-state index contributed by atoms with van der Waals surface area (Å²) in [4.78, 5) is 27.1. The Morgan fingerprint density at radius 2 is 2.05 bits per heavy atom. The number of nitrogens with zero attached hydrogens (tertiary/aromatic N) is 1. The molecule has 0 aliphatic rings. The molecular weight excluding hydrogens is 268 g/mol. The lowest BCUT2D eigenvalue weighted by Crippen LogP contribution is -2.33. The first-order valence-corrected chi connectivity index (χ1v) is 6.82. The number of hydrogen-bond donors (Lipinski definition) is 3. The van der Waals surface area contributed by atoms with Gasteiger partial charge in [0.05, 0.1) is 6.54 Å². The summed E-state index contributed by atoms with van der Waals surface area (Å²) < 4.78 is 0. The Bertz CT molecular complexity index is 670. The molecule has 6 nitrogen and oxygen atoms in total. The van der Waals surface area contributed by atoms with E-state index in [1.165, 1.54) is 0 Å². The van der Waals surface area contributed by atoms with Gasteiger partial charge in [-0.15, -0.1) is 0 Å². The number of nitrogens with one attached hydrogen (secondary N) is 2. The number of fused-ring (bicyclic) bond motifs is 1. The molecule has 2 aromatic rings. The highest BCUT2D eigenvalue weighted by molar-refractivity contribution is 6.01. The molecule has 0 bridgehead atoms. The number of pyridine rings is 1. The topological polar surface area (TPSA) is 97.1 Å². The minimum absolute atomic E-state index is 0.203. The lowest BCUT2D eigenvalue weighted by Gasteiger charge is -2.10. The summed E-state index contributed by atoms with van der Waals surface area (Å²) >= 11 is 0. The Hall–Kier alpha value is -2.63. The normalized spacial score (nSPS) is 10.3. The molecule has 0 spiro atoms. The second kappa shape index (κ2) is 6.69. The van der Waals surface area contributed by atoms with Crippen molar-refractivity contribution in [2.75, 3.05) is 18.4 Å². The van der Waals surface area contributed by atoms with Gasteiger partial charge in [0.1, 0.15) is 11.5 Å². The maximum Gasteiger partial charge on any atom is 0.270 e. The van der Waals surface area contributed by atoms with Gasteiger partial charge in [-0.25, -0.2) is 4.98 Å². The standard InChI is InChI=1S/C15H18N4O2/c1-2-7-17-14-11-6-4-3-5-10(11)8-12(19-14)15(21)18-9-13(16)20/h3-6,8H,2,7,9H2,1H3,(H2,16,20)(H,17,19)(H,18,21). The number of rotatable bonds is 6. The lowest BCUT2D eigenvalue weighted by atomic mass is 10.1. The van der Waals surface area contributed by atoms with E-state index in [9.17, 15) is 9.59 Å². The zero-order valence-corrected chi connectivity index (χ0v) is 11.8. The van der Waals surface area contributed by atoms with Gasteiger partial charge in [-0.2, -0.15) is 0 Å². The van der Waals surface area contributed by atoms with Crippen LogP contribution < -0.4 is 16.4 Å². The molecule has 110 valence electrons. The monoisotopic (exact) mass is 286 g/mol. The van der Waals surface area contributed by atoms with Crippen molar-refractivity contribution in [1.29, 1.82) is 0 Å². The number of carbonyl (C=O) groups is 2. The molecule has 1 aromatic carbocycles. The van der Waals surface area contributed by atoms with Gasteiger partial charge in [0.25, 0.3) is 5.91 Å². The van der Waals surface area contributed by atoms with Gasteiger partial charge in [0.2, 0.25) is 5.91 Å². The first-order chi connectivity index (χ1) is 10.1. The van der Waals surface area contributed by atoms with E-state index in [-0.39, 0.29) is 12.2 Å². The second-order valence-corrected chi connectivity index (χ2v) is 4.65. The molecule has 1 aromatic heterocycles. The van der Waals surface area contributed by atoms with Crippen molar-refractivity contribution in [2.45, 2.75) is 13.3 Å². The highest BCUT2D eigenvalue weighted by atomic mass is 16.2. The van der Waals surface area contributed by atoms with Crippen LogP contribution in [0.4, 0.5) is 5.82 Å². The third-order valence-corrected chi connectivity index (χ3v) is 2.94. The fraction of sp³-hybridized carbons (Fsp3) is 0.267. The van der Waals surface area contributed by atoms with Crippen molar-refractivity contribution in [3.05, 3.63) is 36.0 Å². The Balaban J connectivity index is 2.35. The summed E-state index contributed by atoms with van der Waals surface area (Å²) in [5, 5.41) is 7.53. The van der Waals surface area contributed by atoms with Gasteiger partial charge < -0.3 is 16.4 Å². The van der Waals surface area contributed by atoms with Crippen LogP contribution in [0.25, 0.3) is 10.8 Å². The van der Waals surface area contributed by atoms with E-state index in [2.05, 4.69) is 22.5 Å². The number of aromatic nitrogens is 1. The van der Waals surface area contributed by atoms with Gasteiger partial charge >= 0.3 is 0 Å². The van der Waals surface area contributed by atoms with Crippen LogP contribution >= 0.6 is 0 Å². The van der Waals surface area contributed by atoms with Crippen molar-refractivity contribution < 1.29 is 9.59 Å². The van der Waals surface area contributed by atoms with E-state index in [1.807, 2.05) is 24.3 Å². The molecule has 0 aliphatic heterocycles. The van der Waals surface area contributed by atoms with E-state index in [0.717, 1.165) is 23.7 Å². The van der Waals surface area contributed by atoms with E-state index in [0.29, 0.717) is 5.82 Å². The van der Waals surface area contributed by atoms with Crippen LogP contribution in [-0.4, -0.2) is 29.9 Å². The summed E-state index contributed by atoms with van der Waals surface area (Å²) in [7, 11) is 0. The number of nitrogens with two attached hydrogens (primary N) is 1. The summed E-state index contributed by atoms with van der Waals surface area (Å²) in [6.45, 7) is 2.62. The van der Waals surface area contributed by atoms with Crippen molar-refractivity contribution >= 4 is 28.4 Å². The number of primary amides is 1. The van der Waals surface area contributed by atoms with Gasteiger partial charge in [-0.1, -0.05) is 31.2 Å². The highest BCUT2D eigenvalue weighted by Crippen LogP contribution is 2.22. The molecule has 0 atom stereocenters. The summed E-state index contributed by atoms with van der Waals surface area (Å²) in [6.07, 6.45) is 0.952. The maximum atomic E-state index is 12.0. The molecule has 0 unspecified atom stereocenters. The second-order valence-electron chi connectivity index (χ2n) is 4.65. The van der Waals surface area contributed by atoms with Crippen LogP contribution in [0.1, 0.15) is 23.8 Å². The van der Waals surface area contributed by atoms with Gasteiger partial charge in [0.15, 0.2) is 0 Å². The predicted octanol–water partition coefficient (Wildman–Crippen LogP) is 1.27. The smallest absolute Gasteiger partial charge is 0.270 e. The van der Waals surface area contributed by atoms with Gasteiger partial charge in [-0.05, 0) is 17.9 Å². The van der Waals surface area contributed by atoms with E-state index in [4.69, 9.17) is 5.73 Å². The number of anilines is 1. The Kier molecular flexibility index (Phi) is 4.71. The molecule has 21 heavy (non-hydrogen) atoms. The molecule has 2 rings (SSSR count). The first-order valence-electron chi connectivity index (χ1n) is 6.82. The van der Waals surface area contributed by atoms with E-state index < -0.39 is 11.8 Å². The fourth-order valence-corrected chi connectivity index (χ4v) is 1.95. The Labute approximate surface area is 122 Å². The largest absolute Gasteiger partial charge is 0.370 e. The molecule has 6 heteroatoms. The molecule has 0 saturated carbocycles. The number of amides is 2. The van der Waals surface area contributed by atoms with Crippen LogP contribution in [0.3, 0.4) is 0 Å². The van der Waals surface area contributed by atoms with Crippen LogP contribution in [0.15, 0.2) is 30.3 Å². The van der Waals surface area contributed by atoms with Crippen LogP contribution in [0.2, 0.25) is 0 Å². The average Bonchev–Trinajstić information content (AvgIpc) is 2.49. The van der Waals surface area contributed by atoms with Crippen molar-refractivity contribution in [2.24, 2.45) is 5.73 Å². The van der Waals surface area contributed by atoms with Crippen molar-refractivity contribution in [1.82, 2.24) is 10.3 Å². The van der Waals surface area contributed by atoms with Gasteiger partial charge in [0, 0.05) is 11.9 Å². The number of benzene rings is 1. The van der Waals surface area contributed by atoms with Crippen LogP contribution in [0.5, 0.6) is 0 Å². The fourth-order valence-electron chi connectivity index (χ4n) is 1.95. The highest BCUT2D eigenvalue weighted by Gasteiger charge is 2.12. The quantitative estimate of drug-likeness (QED) is 0.745. The zero-order chi connectivity index (χ0) is 15.2. The predicted molar refractivity (Wildman–Crippen MR) is 82.1 cm³/mol. The lowest BCUT2D eigenvalue weighted by molar-refractivity contribution is -0.117. The third kappa shape index (κ3) is 3.68. The maximum absolute atomic E-state index is 12.0. The molecule has 0 radical (unpaired) electrons. The van der Waals surface area contributed by atoms with Crippen LogP contribution in [0, 0.1) is 0 Å². The average molecular weight is 286 g/mol. The van der Waals surface area contributed by atoms with Crippen molar-refractivity contribution in [3.8, 4) is 0 Å². The summed E-state index contributed by atoms with van der Waals surface area (Å²) in [6, 6.07) is 9.39. The Morgan fingerprint density at radius 1 is 1.29 bits per heavy atom. The van der Waals surface area contributed by atoms with Gasteiger partial charge in [-0.3, -0.25) is 9.59 Å². The van der Waals surface area contributed by atoms with E-state index in [1.54, 1.807) is 6.07 Å². The molecule has 0 saturated heterocycles. The molecule has 1 heterocycles. The number of carbonyl (C=O) groups excluding carboxylic acids is 2. The summed E-state index contributed by atoms with van der Waals surface area (Å²) in [5.74, 6) is -0.341. The molecule has 4 N–H and O–H groups in total. The molecular formula is C15H18N4O2. The minimum atomic E-state index is -0.589. The molecule has 0 aliphatic carbocycles. The first kappa shape index (κ1) is 14.8. The molecule has 0 fully saturated rings. The molecule has 2 amide bonds. The SMILES string of the molecule is CCCNc1nc(C(=O)NCC(N)=O)cc2ccccc12. The number of hydrogen-bond acceptors (Lipinski definition) is 4. The minimum Gasteiger partial charge on any atom is -0.370 e. The third-order valence-electron chi connectivity index (χ3n) is 2.94. The van der Waals surface area contributed by atoms with Crippen molar-refractivity contribution in [3.63, 3.8) is 0 Å². The van der Waals surface area contributed by atoms with Crippen LogP contribution in [-0.2, 0) is 4.79 Å². The Morgan fingerprint density at radius 3 is 2.76 bits per heavy atom.